The van der Waals surface area contributed by atoms with Crippen molar-refractivity contribution >= 4 is 21.6 Å². The summed E-state index contributed by atoms with van der Waals surface area (Å²) in [6.07, 6.45) is 0.401. The number of aromatic nitrogens is 5. The van der Waals surface area contributed by atoms with E-state index in [9.17, 15) is 22.0 Å². The minimum atomic E-state index is -3.73. The molecule has 10 nitrogen and oxygen atoms in total. The van der Waals surface area contributed by atoms with Crippen LogP contribution in [-0.4, -0.2) is 74.1 Å². The maximum Gasteiger partial charge on any atom is 0.280 e. The maximum absolute atomic E-state index is 13.6. The molecule has 0 unspecified atom stereocenters. The molecule has 1 saturated carbocycles. The third kappa shape index (κ3) is 3.78. The second-order valence-electron chi connectivity index (χ2n) is 8.39. The monoisotopic (exact) mass is 479 g/mol. The predicted octanol–water partition coefficient (Wildman–Crippen LogP) is 1.73. The zero-order valence-electron chi connectivity index (χ0n) is 18.1. The number of hydrogen-bond donors (Lipinski definition) is 0. The van der Waals surface area contributed by atoms with Gasteiger partial charge in [-0.1, -0.05) is 0 Å². The van der Waals surface area contributed by atoms with Gasteiger partial charge < -0.3 is 4.90 Å². The van der Waals surface area contributed by atoms with Gasteiger partial charge in [-0.15, -0.1) is 0 Å². The van der Waals surface area contributed by atoms with Gasteiger partial charge in [-0.05, 0) is 25.8 Å². The molecule has 0 bridgehead atoms. The zero-order chi connectivity index (χ0) is 23.5. The smallest absolute Gasteiger partial charge is 0.280 e. The first-order valence-corrected chi connectivity index (χ1v) is 12.1. The van der Waals surface area contributed by atoms with E-state index in [4.69, 9.17) is 0 Å². The van der Waals surface area contributed by atoms with Crippen molar-refractivity contribution in [2.45, 2.75) is 37.0 Å². The molecule has 33 heavy (non-hydrogen) atoms. The lowest BCUT2D eigenvalue weighted by Crippen LogP contribution is -2.50. The Morgan fingerprint density at radius 3 is 2.42 bits per heavy atom. The minimum absolute atomic E-state index is 0.0109. The van der Waals surface area contributed by atoms with Crippen LogP contribution >= 0.6 is 0 Å². The number of nitrogens with zero attached hydrogens (tertiary/aromatic N) is 7. The highest BCUT2D eigenvalue weighted by atomic mass is 32.2. The van der Waals surface area contributed by atoms with Gasteiger partial charge >= 0.3 is 0 Å². The molecule has 0 spiro atoms. The molecule has 3 aromatic rings. The van der Waals surface area contributed by atoms with Gasteiger partial charge in [0.2, 0.25) is 10.0 Å². The van der Waals surface area contributed by atoms with Crippen LogP contribution in [0.5, 0.6) is 0 Å². The van der Waals surface area contributed by atoms with Gasteiger partial charge in [0.25, 0.3) is 12.3 Å². The fourth-order valence-electron chi connectivity index (χ4n) is 4.03. The summed E-state index contributed by atoms with van der Waals surface area (Å²) in [4.78, 5) is 19.1. The standard InChI is InChI=1S/C20H23F2N7O3S/c1-12-17(11-23-26(12)2)33(31,32)28-7-5-27(6-8-28)20(30)15-10-18-24-14(13-3-4-13)9-16(19(21)22)29(18)25-15/h9-11,13,19H,3-8H2,1-2H3. The van der Waals surface area contributed by atoms with Gasteiger partial charge in [0.1, 0.15) is 10.6 Å². The number of alkyl halides is 2. The van der Waals surface area contributed by atoms with Crippen LogP contribution in [-0.2, 0) is 17.1 Å². The van der Waals surface area contributed by atoms with Gasteiger partial charge in [0.05, 0.1) is 11.9 Å². The molecule has 0 radical (unpaired) electrons. The lowest BCUT2D eigenvalue weighted by Gasteiger charge is -2.33. The highest BCUT2D eigenvalue weighted by Gasteiger charge is 2.34. The number of carbonyl (C=O) groups excluding carboxylic acids is 1. The van der Waals surface area contributed by atoms with Crippen LogP contribution in [0.15, 0.2) is 23.2 Å². The molecule has 0 atom stereocenters. The fraction of sp³-hybridized carbons (Fsp3) is 0.500. The summed E-state index contributed by atoms with van der Waals surface area (Å²) in [5.41, 5.74) is 1.07. The summed E-state index contributed by atoms with van der Waals surface area (Å²) in [6.45, 7) is 2.23. The Bertz CT molecular complexity index is 1340. The van der Waals surface area contributed by atoms with Crippen LogP contribution in [0.2, 0.25) is 0 Å². The third-order valence-electron chi connectivity index (χ3n) is 6.25. The molecule has 13 heteroatoms. The first-order chi connectivity index (χ1) is 15.7. The van der Waals surface area contributed by atoms with Crippen molar-refractivity contribution in [2.75, 3.05) is 26.2 Å². The van der Waals surface area contributed by atoms with E-state index in [2.05, 4.69) is 15.2 Å². The van der Waals surface area contributed by atoms with Crippen molar-refractivity contribution in [1.29, 1.82) is 0 Å². The quantitative estimate of drug-likeness (QED) is 0.552. The molecule has 2 fully saturated rings. The van der Waals surface area contributed by atoms with Crippen molar-refractivity contribution in [1.82, 2.24) is 33.6 Å². The molecule has 1 aliphatic heterocycles. The largest absolute Gasteiger partial charge is 0.335 e. The van der Waals surface area contributed by atoms with E-state index in [-0.39, 0.29) is 54.0 Å². The third-order valence-corrected chi connectivity index (χ3v) is 8.25. The lowest BCUT2D eigenvalue weighted by atomic mass is 10.2. The number of amides is 1. The molecule has 4 heterocycles. The summed E-state index contributed by atoms with van der Waals surface area (Å²) >= 11 is 0. The molecule has 2 aliphatic rings. The van der Waals surface area contributed by atoms with Gasteiger partial charge in [0.15, 0.2) is 11.3 Å². The van der Waals surface area contributed by atoms with Crippen LogP contribution in [0.25, 0.3) is 5.65 Å². The van der Waals surface area contributed by atoms with E-state index in [0.717, 1.165) is 17.4 Å². The summed E-state index contributed by atoms with van der Waals surface area (Å²) in [5.74, 6) is -0.261. The van der Waals surface area contributed by atoms with Crippen LogP contribution in [0.3, 0.4) is 0 Å². The molecule has 1 aliphatic carbocycles. The topological polar surface area (TPSA) is 106 Å². The average molecular weight is 480 g/mol. The molecular formula is C20H23F2N7O3S. The summed E-state index contributed by atoms with van der Waals surface area (Å²) in [6, 6.07) is 2.78. The lowest BCUT2D eigenvalue weighted by molar-refractivity contribution is 0.0691. The Hall–Kier alpha value is -2.93. The molecule has 1 amide bonds. The molecular weight excluding hydrogens is 456 g/mol. The summed E-state index contributed by atoms with van der Waals surface area (Å²) in [5, 5.41) is 8.10. The Balaban J connectivity index is 1.35. The van der Waals surface area contributed by atoms with Crippen molar-refractivity contribution in [2.24, 2.45) is 7.05 Å². The second-order valence-corrected chi connectivity index (χ2v) is 10.3. The van der Waals surface area contributed by atoms with Gasteiger partial charge in [-0.2, -0.15) is 14.5 Å². The predicted molar refractivity (Wildman–Crippen MR) is 113 cm³/mol. The van der Waals surface area contributed by atoms with E-state index in [1.54, 1.807) is 14.0 Å². The Morgan fingerprint density at radius 2 is 1.85 bits per heavy atom. The molecule has 5 rings (SSSR count). The van der Waals surface area contributed by atoms with Gasteiger partial charge in [-0.3, -0.25) is 9.48 Å². The maximum atomic E-state index is 13.6. The fourth-order valence-corrected chi connectivity index (χ4v) is 5.64. The number of sulfonamides is 1. The van der Waals surface area contributed by atoms with Crippen LogP contribution < -0.4 is 0 Å². The molecule has 0 aromatic carbocycles. The number of fused-ring (bicyclic) bond motifs is 1. The van der Waals surface area contributed by atoms with E-state index in [1.807, 2.05) is 0 Å². The van der Waals surface area contributed by atoms with Gasteiger partial charge in [-0.25, -0.2) is 26.7 Å². The van der Waals surface area contributed by atoms with Crippen molar-refractivity contribution in [3.63, 3.8) is 0 Å². The number of hydrogen-bond acceptors (Lipinski definition) is 6. The number of carbonyl (C=O) groups is 1. The van der Waals surface area contributed by atoms with Crippen LogP contribution in [0.4, 0.5) is 8.78 Å². The Morgan fingerprint density at radius 1 is 1.15 bits per heavy atom. The molecule has 3 aromatic heterocycles. The first-order valence-electron chi connectivity index (χ1n) is 10.6. The highest BCUT2D eigenvalue weighted by molar-refractivity contribution is 7.89. The van der Waals surface area contributed by atoms with Crippen LogP contribution in [0, 0.1) is 6.92 Å². The molecule has 1 saturated heterocycles. The summed E-state index contributed by atoms with van der Waals surface area (Å²) in [7, 11) is -2.06. The number of aryl methyl sites for hydroxylation is 1. The second kappa shape index (κ2) is 7.83. The normalized spacial score (nSPS) is 17.9. The van der Waals surface area contributed by atoms with E-state index < -0.39 is 22.4 Å². The summed E-state index contributed by atoms with van der Waals surface area (Å²) < 4.78 is 56.9. The Kier molecular flexibility index (Phi) is 5.20. The SMILES string of the molecule is Cc1c(S(=O)(=O)N2CCN(C(=O)c3cc4nc(C5CC5)cc(C(F)F)n4n3)CC2)cnn1C. The van der Waals surface area contributed by atoms with Gasteiger partial charge in [0, 0.05) is 50.9 Å². The van der Waals surface area contributed by atoms with Crippen molar-refractivity contribution in [3.8, 4) is 0 Å². The van der Waals surface area contributed by atoms with E-state index >= 15 is 0 Å². The number of halogens is 2. The minimum Gasteiger partial charge on any atom is -0.335 e. The van der Waals surface area contributed by atoms with E-state index in [0.29, 0.717) is 11.4 Å². The molecule has 176 valence electrons. The van der Waals surface area contributed by atoms with Crippen LogP contribution in [0.1, 0.15) is 52.8 Å². The molecule has 0 N–H and O–H groups in total. The average Bonchev–Trinajstić information content (AvgIpc) is 3.47. The number of rotatable bonds is 5. The number of piperazine rings is 1. The van der Waals surface area contributed by atoms with E-state index in [1.165, 1.54) is 32.2 Å². The van der Waals surface area contributed by atoms with Crippen molar-refractivity contribution in [3.05, 3.63) is 41.1 Å². The first kappa shape index (κ1) is 21.9. The van der Waals surface area contributed by atoms with Crippen molar-refractivity contribution < 1.29 is 22.0 Å². The Labute approximate surface area is 188 Å². The zero-order valence-corrected chi connectivity index (χ0v) is 19.0. The highest BCUT2D eigenvalue weighted by Crippen LogP contribution is 2.40.